The van der Waals surface area contributed by atoms with E-state index in [9.17, 15) is 4.79 Å². The number of carbonyl (C=O) groups is 1. The summed E-state index contributed by atoms with van der Waals surface area (Å²) in [5, 5.41) is 5.09. The van der Waals surface area contributed by atoms with Crippen molar-refractivity contribution < 1.29 is 4.79 Å². The largest absolute Gasteiger partial charge is 0.399 e. The summed E-state index contributed by atoms with van der Waals surface area (Å²) < 4.78 is 0. The summed E-state index contributed by atoms with van der Waals surface area (Å²) >= 11 is 1.67. The van der Waals surface area contributed by atoms with Gasteiger partial charge in [-0.1, -0.05) is 31.5 Å². The molecule has 3 N–H and O–H groups in total. The summed E-state index contributed by atoms with van der Waals surface area (Å²) in [5.74, 6) is -0.0794. The van der Waals surface area contributed by atoms with Crippen LogP contribution in [-0.2, 0) is 4.79 Å². The van der Waals surface area contributed by atoms with E-state index in [1.165, 1.54) is 4.88 Å². The van der Waals surface area contributed by atoms with E-state index in [0.717, 1.165) is 18.4 Å². The minimum absolute atomic E-state index is 0.0794. The lowest BCUT2D eigenvalue weighted by molar-refractivity contribution is -0.117. The smallest absolute Gasteiger partial charge is 0.244 e. The van der Waals surface area contributed by atoms with E-state index in [2.05, 4.69) is 18.3 Å². The second-order valence-corrected chi connectivity index (χ2v) is 5.85. The third-order valence-corrected chi connectivity index (χ3v) is 4.10. The molecule has 2 rings (SSSR count). The molecule has 0 fully saturated rings. The molecule has 1 unspecified atom stereocenters. The average Bonchev–Trinajstić information content (AvgIpc) is 2.99. The SMILES string of the molecule is CCCC(NC(=O)/C=C/c1cccc(N)c1)c1cccs1. The summed E-state index contributed by atoms with van der Waals surface area (Å²) in [6.45, 7) is 2.12. The first-order valence-corrected chi connectivity index (χ1v) is 7.94. The number of hydrogen-bond donors (Lipinski definition) is 2. The van der Waals surface area contributed by atoms with E-state index < -0.39 is 0 Å². The first kappa shape index (κ1) is 15.3. The monoisotopic (exact) mass is 300 g/mol. The predicted molar refractivity (Wildman–Crippen MR) is 90.0 cm³/mol. The Labute approximate surface area is 129 Å². The van der Waals surface area contributed by atoms with Gasteiger partial charge in [0.1, 0.15) is 0 Å². The van der Waals surface area contributed by atoms with Gasteiger partial charge in [-0.3, -0.25) is 4.79 Å². The highest BCUT2D eigenvalue weighted by molar-refractivity contribution is 7.10. The second kappa shape index (κ2) is 7.64. The Morgan fingerprint density at radius 3 is 2.90 bits per heavy atom. The van der Waals surface area contributed by atoms with Crippen LogP contribution in [0, 0.1) is 0 Å². The number of nitrogens with one attached hydrogen (secondary N) is 1. The standard InChI is InChI=1S/C17H20N2OS/c1-2-5-15(16-8-4-11-21-16)19-17(20)10-9-13-6-3-7-14(18)12-13/h3-4,6-12,15H,2,5,18H2,1H3,(H,19,20)/b10-9+. The quantitative estimate of drug-likeness (QED) is 0.626. The minimum Gasteiger partial charge on any atom is -0.399 e. The second-order valence-electron chi connectivity index (χ2n) is 4.87. The van der Waals surface area contributed by atoms with Crippen LogP contribution in [0.2, 0.25) is 0 Å². The zero-order valence-corrected chi connectivity index (χ0v) is 12.9. The summed E-state index contributed by atoms with van der Waals surface area (Å²) in [4.78, 5) is 13.3. The highest BCUT2D eigenvalue weighted by Gasteiger charge is 2.12. The van der Waals surface area contributed by atoms with Crippen molar-refractivity contribution in [3.8, 4) is 0 Å². The lowest BCUT2D eigenvalue weighted by atomic mass is 10.1. The van der Waals surface area contributed by atoms with Gasteiger partial charge >= 0.3 is 0 Å². The lowest BCUT2D eigenvalue weighted by Crippen LogP contribution is -2.26. The number of nitrogens with two attached hydrogens (primary N) is 1. The van der Waals surface area contributed by atoms with Gasteiger partial charge in [-0.2, -0.15) is 0 Å². The molecule has 1 heterocycles. The van der Waals surface area contributed by atoms with Crippen LogP contribution in [0.1, 0.15) is 36.2 Å². The van der Waals surface area contributed by atoms with Crippen molar-refractivity contribution in [3.63, 3.8) is 0 Å². The molecule has 0 spiro atoms. The van der Waals surface area contributed by atoms with E-state index in [4.69, 9.17) is 5.73 Å². The maximum absolute atomic E-state index is 12.1. The average molecular weight is 300 g/mol. The van der Waals surface area contributed by atoms with Crippen molar-refractivity contribution in [2.24, 2.45) is 0 Å². The first-order chi connectivity index (χ1) is 10.2. The van der Waals surface area contributed by atoms with Gasteiger partial charge in [0.25, 0.3) is 0 Å². The molecule has 0 aliphatic carbocycles. The highest BCUT2D eigenvalue weighted by atomic mass is 32.1. The van der Waals surface area contributed by atoms with E-state index in [1.807, 2.05) is 35.7 Å². The molecule has 0 aliphatic rings. The number of thiophene rings is 1. The Kier molecular flexibility index (Phi) is 5.58. The molecule has 3 nitrogen and oxygen atoms in total. The lowest BCUT2D eigenvalue weighted by Gasteiger charge is -2.15. The van der Waals surface area contributed by atoms with Gasteiger partial charge in [0.05, 0.1) is 6.04 Å². The molecule has 110 valence electrons. The van der Waals surface area contributed by atoms with Gasteiger partial charge in [-0.05, 0) is 41.6 Å². The number of carbonyl (C=O) groups excluding carboxylic acids is 1. The number of benzene rings is 1. The van der Waals surface area contributed by atoms with Crippen molar-refractivity contribution in [2.45, 2.75) is 25.8 Å². The molecular formula is C17H20N2OS. The number of nitrogen functional groups attached to an aromatic ring is 1. The Morgan fingerprint density at radius 1 is 1.38 bits per heavy atom. The van der Waals surface area contributed by atoms with Crippen LogP contribution in [0.15, 0.2) is 47.9 Å². The number of amides is 1. The van der Waals surface area contributed by atoms with Crippen molar-refractivity contribution in [2.75, 3.05) is 5.73 Å². The summed E-state index contributed by atoms with van der Waals surface area (Å²) in [7, 11) is 0. The van der Waals surface area contributed by atoms with Crippen molar-refractivity contribution in [3.05, 3.63) is 58.3 Å². The molecule has 0 saturated heterocycles. The van der Waals surface area contributed by atoms with E-state index in [1.54, 1.807) is 23.5 Å². The number of hydrogen-bond acceptors (Lipinski definition) is 3. The molecule has 1 amide bonds. The van der Waals surface area contributed by atoms with E-state index in [0.29, 0.717) is 5.69 Å². The van der Waals surface area contributed by atoms with Crippen LogP contribution in [0.5, 0.6) is 0 Å². The zero-order chi connectivity index (χ0) is 15.1. The van der Waals surface area contributed by atoms with Crippen molar-refractivity contribution in [1.29, 1.82) is 0 Å². The third kappa shape index (κ3) is 4.76. The van der Waals surface area contributed by atoms with E-state index in [-0.39, 0.29) is 11.9 Å². The predicted octanol–water partition coefficient (Wildman–Crippen LogP) is 4.00. The van der Waals surface area contributed by atoms with Gasteiger partial charge in [-0.25, -0.2) is 0 Å². The van der Waals surface area contributed by atoms with Crippen LogP contribution in [-0.4, -0.2) is 5.91 Å². The fourth-order valence-electron chi connectivity index (χ4n) is 2.12. The minimum atomic E-state index is -0.0794. The molecule has 21 heavy (non-hydrogen) atoms. The normalized spacial score (nSPS) is 12.4. The summed E-state index contributed by atoms with van der Waals surface area (Å²) in [6.07, 6.45) is 5.31. The van der Waals surface area contributed by atoms with Crippen LogP contribution in [0.3, 0.4) is 0 Å². The fourth-order valence-corrected chi connectivity index (χ4v) is 2.93. The highest BCUT2D eigenvalue weighted by Crippen LogP contribution is 2.23. The molecule has 0 aliphatic heterocycles. The van der Waals surface area contributed by atoms with Gasteiger partial charge in [0, 0.05) is 16.6 Å². The molecule has 2 aromatic rings. The van der Waals surface area contributed by atoms with Gasteiger partial charge < -0.3 is 11.1 Å². The maximum atomic E-state index is 12.1. The van der Waals surface area contributed by atoms with Crippen LogP contribution in [0.4, 0.5) is 5.69 Å². The Bertz CT molecular complexity index is 605. The van der Waals surface area contributed by atoms with Crippen molar-refractivity contribution >= 4 is 29.0 Å². The first-order valence-electron chi connectivity index (χ1n) is 7.06. The van der Waals surface area contributed by atoms with Crippen LogP contribution >= 0.6 is 11.3 Å². The van der Waals surface area contributed by atoms with E-state index >= 15 is 0 Å². The Morgan fingerprint density at radius 2 is 2.24 bits per heavy atom. The topological polar surface area (TPSA) is 55.1 Å². The Hall–Kier alpha value is -2.07. The van der Waals surface area contributed by atoms with Crippen LogP contribution < -0.4 is 11.1 Å². The molecule has 0 saturated carbocycles. The number of anilines is 1. The molecular weight excluding hydrogens is 280 g/mol. The molecule has 1 atom stereocenters. The van der Waals surface area contributed by atoms with Gasteiger partial charge in [-0.15, -0.1) is 11.3 Å². The van der Waals surface area contributed by atoms with Crippen LogP contribution in [0.25, 0.3) is 6.08 Å². The molecule has 0 radical (unpaired) electrons. The summed E-state index contributed by atoms with van der Waals surface area (Å²) in [5.41, 5.74) is 7.34. The fraction of sp³-hybridized carbons (Fsp3) is 0.235. The molecule has 4 heteroatoms. The van der Waals surface area contributed by atoms with Crippen molar-refractivity contribution in [1.82, 2.24) is 5.32 Å². The molecule has 1 aromatic carbocycles. The Balaban J connectivity index is 1.99. The van der Waals surface area contributed by atoms with Gasteiger partial charge in [0.15, 0.2) is 0 Å². The number of rotatable bonds is 6. The third-order valence-electron chi connectivity index (χ3n) is 3.12. The molecule has 0 bridgehead atoms. The van der Waals surface area contributed by atoms with Gasteiger partial charge in [0.2, 0.25) is 5.91 Å². The molecule has 1 aromatic heterocycles. The maximum Gasteiger partial charge on any atom is 0.244 e. The zero-order valence-electron chi connectivity index (χ0n) is 12.1. The summed E-state index contributed by atoms with van der Waals surface area (Å²) in [6, 6.07) is 11.6.